The van der Waals surface area contributed by atoms with Gasteiger partial charge in [-0.15, -0.1) is 0 Å². The summed E-state index contributed by atoms with van der Waals surface area (Å²) >= 11 is 8.83. The summed E-state index contributed by atoms with van der Waals surface area (Å²) in [6.07, 6.45) is -4.29. The van der Waals surface area contributed by atoms with Crippen molar-refractivity contribution in [2.24, 2.45) is 0 Å². The van der Waals surface area contributed by atoms with Crippen molar-refractivity contribution in [1.29, 1.82) is 0 Å². The van der Waals surface area contributed by atoms with Gasteiger partial charge >= 0.3 is 6.18 Å². The molecule has 0 saturated carbocycles. The predicted octanol–water partition coefficient (Wildman–Crippen LogP) is 4.01. The van der Waals surface area contributed by atoms with Crippen molar-refractivity contribution < 1.29 is 13.2 Å². The Balaban J connectivity index is 2.61. The van der Waals surface area contributed by atoms with Crippen LogP contribution < -0.4 is 0 Å². The van der Waals surface area contributed by atoms with E-state index in [1.807, 2.05) is 0 Å². The zero-order valence-corrected chi connectivity index (χ0v) is 10.1. The van der Waals surface area contributed by atoms with Crippen LogP contribution in [0.5, 0.6) is 0 Å². The Hall–Kier alpha value is -0.750. The summed E-state index contributed by atoms with van der Waals surface area (Å²) in [5.74, 6) is 0. The molecule has 0 aliphatic rings. The van der Waals surface area contributed by atoms with Crippen molar-refractivity contribution in [1.82, 2.24) is 9.55 Å². The average Bonchev–Trinajstić information content (AvgIpc) is 2.44. The molecule has 0 radical (unpaired) electrons. The van der Waals surface area contributed by atoms with E-state index >= 15 is 0 Å². The van der Waals surface area contributed by atoms with Crippen LogP contribution >= 0.6 is 27.5 Å². The Morgan fingerprint density at radius 1 is 1.38 bits per heavy atom. The van der Waals surface area contributed by atoms with Gasteiger partial charge in [-0.3, -0.25) is 0 Å². The first kappa shape index (κ1) is 11.7. The zero-order chi connectivity index (χ0) is 11.9. The van der Waals surface area contributed by atoms with Crippen molar-refractivity contribution in [3.63, 3.8) is 0 Å². The van der Waals surface area contributed by atoms with Crippen LogP contribution in [0.3, 0.4) is 0 Å². The van der Waals surface area contributed by atoms with Crippen LogP contribution in [0.25, 0.3) is 11.0 Å². The number of benzene rings is 1. The third kappa shape index (κ3) is 2.17. The number of aromatic nitrogens is 2. The second kappa shape index (κ2) is 3.92. The summed E-state index contributed by atoms with van der Waals surface area (Å²) in [6, 6.07) is 4.72. The van der Waals surface area contributed by atoms with E-state index in [1.165, 1.54) is 0 Å². The fourth-order valence-electron chi connectivity index (χ4n) is 1.41. The van der Waals surface area contributed by atoms with Crippen molar-refractivity contribution in [3.8, 4) is 0 Å². The van der Waals surface area contributed by atoms with Crippen molar-refractivity contribution in [2.75, 3.05) is 0 Å². The van der Waals surface area contributed by atoms with Crippen LogP contribution in [-0.4, -0.2) is 15.7 Å². The molecule has 2 nitrogen and oxygen atoms in total. The van der Waals surface area contributed by atoms with E-state index in [4.69, 9.17) is 11.6 Å². The van der Waals surface area contributed by atoms with Crippen molar-refractivity contribution in [3.05, 3.63) is 28.0 Å². The molecular formula is C9H5BrClF3N2. The maximum absolute atomic E-state index is 12.3. The Morgan fingerprint density at radius 3 is 2.69 bits per heavy atom. The highest BCUT2D eigenvalue weighted by Crippen LogP contribution is 2.29. The zero-order valence-electron chi connectivity index (χ0n) is 7.72. The molecule has 0 saturated heterocycles. The number of nitrogens with zero attached hydrogens (tertiary/aromatic N) is 2. The summed E-state index contributed by atoms with van der Waals surface area (Å²) in [4.78, 5) is 3.94. The summed E-state index contributed by atoms with van der Waals surface area (Å²) in [7, 11) is 0. The SMILES string of the molecule is FC(F)(F)Cn1c(Br)nc2c(Cl)cccc21. The molecule has 86 valence electrons. The molecule has 16 heavy (non-hydrogen) atoms. The second-order valence-corrected chi connectivity index (χ2v) is 4.31. The minimum absolute atomic E-state index is 0.118. The van der Waals surface area contributed by atoms with Crippen LogP contribution in [0.1, 0.15) is 0 Å². The molecule has 0 amide bonds. The first-order chi connectivity index (χ1) is 7.38. The number of imidazole rings is 1. The first-order valence-electron chi connectivity index (χ1n) is 4.25. The van der Waals surface area contributed by atoms with E-state index in [0.29, 0.717) is 16.1 Å². The van der Waals surface area contributed by atoms with Gasteiger partial charge in [-0.05, 0) is 28.1 Å². The van der Waals surface area contributed by atoms with Crippen LogP contribution in [-0.2, 0) is 6.54 Å². The molecule has 2 aromatic rings. The van der Waals surface area contributed by atoms with E-state index in [9.17, 15) is 13.2 Å². The molecule has 1 heterocycles. The van der Waals surface area contributed by atoms with E-state index in [0.717, 1.165) is 4.57 Å². The third-order valence-electron chi connectivity index (χ3n) is 2.02. The highest BCUT2D eigenvalue weighted by molar-refractivity contribution is 9.10. The number of alkyl halides is 3. The number of rotatable bonds is 1. The summed E-state index contributed by atoms with van der Waals surface area (Å²) in [6.45, 7) is -1.09. The molecule has 0 aliphatic carbocycles. The third-order valence-corrected chi connectivity index (χ3v) is 2.93. The Kier molecular flexibility index (Phi) is 2.88. The summed E-state index contributed by atoms with van der Waals surface area (Å²) < 4.78 is 38.1. The van der Waals surface area contributed by atoms with Gasteiger partial charge in [0.2, 0.25) is 0 Å². The quantitative estimate of drug-likeness (QED) is 0.777. The van der Waals surface area contributed by atoms with Gasteiger partial charge in [0.25, 0.3) is 0 Å². The van der Waals surface area contributed by atoms with Crippen LogP contribution in [0, 0.1) is 0 Å². The molecule has 0 atom stereocenters. The fourth-order valence-corrected chi connectivity index (χ4v) is 2.12. The summed E-state index contributed by atoms with van der Waals surface area (Å²) in [5, 5.41) is 0.333. The lowest BCUT2D eigenvalue weighted by Crippen LogP contribution is -2.17. The van der Waals surface area contributed by atoms with Crippen LogP contribution in [0.15, 0.2) is 22.9 Å². The first-order valence-corrected chi connectivity index (χ1v) is 5.42. The van der Waals surface area contributed by atoms with Gasteiger partial charge < -0.3 is 4.57 Å². The molecule has 1 aromatic heterocycles. The van der Waals surface area contributed by atoms with Gasteiger partial charge in [0, 0.05) is 0 Å². The Labute approximate surface area is 102 Å². The van der Waals surface area contributed by atoms with Gasteiger partial charge in [-0.1, -0.05) is 17.7 Å². The smallest absolute Gasteiger partial charge is 0.309 e. The lowest BCUT2D eigenvalue weighted by Gasteiger charge is -2.09. The molecular weight excluding hydrogens is 308 g/mol. The number of para-hydroxylation sites is 1. The topological polar surface area (TPSA) is 17.8 Å². The van der Waals surface area contributed by atoms with Crippen molar-refractivity contribution in [2.45, 2.75) is 12.7 Å². The van der Waals surface area contributed by atoms with Crippen molar-refractivity contribution >= 4 is 38.6 Å². The standard InChI is InChI=1S/C9H5BrClF3N2/c10-8-15-7-5(11)2-1-3-6(7)16(8)4-9(12,13)14/h1-3H,4H2. The normalized spacial score (nSPS) is 12.3. The minimum Gasteiger partial charge on any atom is -0.309 e. The molecule has 1 aromatic carbocycles. The lowest BCUT2D eigenvalue weighted by molar-refractivity contribution is -0.140. The summed E-state index contributed by atoms with van der Waals surface area (Å²) in [5.41, 5.74) is 0.719. The molecule has 0 aliphatic heterocycles. The molecule has 0 spiro atoms. The average molecular weight is 314 g/mol. The molecule has 0 bridgehead atoms. The largest absolute Gasteiger partial charge is 0.406 e. The van der Waals surface area contributed by atoms with E-state index in [2.05, 4.69) is 20.9 Å². The Bertz CT molecular complexity index is 535. The predicted molar refractivity (Wildman–Crippen MR) is 58.5 cm³/mol. The highest BCUT2D eigenvalue weighted by Gasteiger charge is 2.30. The monoisotopic (exact) mass is 312 g/mol. The molecule has 0 N–H and O–H groups in total. The molecule has 0 fully saturated rings. The maximum Gasteiger partial charge on any atom is 0.406 e. The number of fused-ring (bicyclic) bond motifs is 1. The van der Waals surface area contributed by atoms with E-state index < -0.39 is 12.7 Å². The molecule has 7 heteroatoms. The Morgan fingerprint density at radius 2 is 2.06 bits per heavy atom. The van der Waals surface area contributed by atoms with Gasteiger partial charge in [0.1, 0.15) is 12.1 Å². The van der Waals surface area contributed by atoms with Gasteiger partial charge in [0.15, 0.2) is 4.73 Å². The lowest BCUT2D eigenvalue weighted by atomic mass is 10.3. The number of hydrogen-bond acceptors (Lipinski definition) is 1. The van der Waals surface area contributed by atoms with E-state index in [1.54, 1.807) is 18.2 Å². The number of halogens is 5. The highest BCUT2D eigenvalue weighted by atomic mass is 79.9. The van der Waals surface area contributed by atoms with Gasteiger partial charge in [-0.2, -0.15) is 13.2 Å². The minimum atomic E-state index is -4.29. The maximum atomic E-state index is 12.3. The van der Waals surface area contributed by atoms with Crippen LogP contribution in [0.4, 0.5) is 13.2 Å². The molecule has 2 rings (SSSR count). The fraction of sp³-hybridized carbons (Fsp3) is 0.222. The van der Waals surface area contributed by atoms with Crippen LogP contribution in [0.2, 0.25) is 5.02 Å². The van der Waals surface area contributed by atoms with Gasteiger partial charge in [-0.25, -0.2) is 4.98 Å². The number of hydrogen-bond donors (Lipinski definition) is 0. The van der Waals surface area contributed by atoms with Gasteiger partial charge in [0.05, 0.1) is 10.5 Å². The van der Waals surface area contributed by atoms with E-state index in [-0.39, 0.29) is 4.73 Å². The molecule has 0 unspecified atom stereocenters. The second-order valence-electron chi connectivity index (χ2n) is 3.19.